The summed E-state index contributed by atoms with van der Waals surface area (Å²) >= 11 is 0. The lowest BCUT2D eigenvalue weighted by Crippen LogP contribution is -2.46. The molecule has 1 atom stereocenters. The summed E-state index contributed by atoms with van der Waals surface area (Å²) in [5.74, 6) is -1.41. The molecule has 6 nitrogen and oxygen atoms in total. The van der Waals surface area contributed by atoms with E-state index in [-0.39, 0.29) is 11.9 Å². The Morgan fingerprint density at radius 2 is 2.29 bits per heavy atom. The molecule has 0 saturated carbocycles. The summed E-state index contributed by atoms with van der Waals surface area (Å²) in [4.78, 5) is 25.8. The molecule has 1 saturated heterocycles. The molecule has 14 heavy (non-hydrogen) atoms. The highest BCUT2D eigenvalue weighted by Crippen LogP contribution is 2.06. The zero-order valence-electron chi connectivity index (χ0n) is 7.78. The second-order valence-corrected chi connectivity index (χ2v) is 3.15. The second-order valence-electron chi connectivity index (χ2n) is 3.15. The van der Waals surface area contributed by atoms with E-state index in [0.29, 0.717) is 0 Å². The number of carboxylic acid groups (broad SMARTS) is 1. The number of hydrogen-bond donors (Lipinski definition) is 3. The number of rotatable bonds is 4. The number of nitrogens with one attached hydrogen (secondary N) is 2. The molecular weight excluding hydrogens is 188 g/mol. The van der Waals surface area contributed by atoms with Crippen LogP contribution in [0.2, 0.25) is 0 Å². The zero-order valence-corrected chi connectivity index (χ0v) is 7.78. The molecule has 80 valence electrons. The van der Waals surface area contributed by atoms with Gasteiger partial charge in [-0.15, -0.1) is 0 Å². The Morgan fingerprint density at radius 3 is 2.86 bits per heavy atom. The van der Waals surface area contributed by atoms with Crippen LogP contribution in [0.5, 0.6) is 0 Å². The van der Waals surface area contributed by atoms with E-state index in [1.807, 2.05) is 0 Å². The largest absolute Gasteiger partial charge is 0.479 e. The fourth-order valence-corrected chi connectivity index (χ4v) is 1.32. The van der Waals surface area contributed by atoms with Crippen molar-refractivity contribution < 1.29 is 19.5 Å². The summed E-state index contributed by atoms with van der Waals surface area (Å²) in [7, 11) is 0. The lowest BCUT2D eigenvalue weighted by molar-refractivity contribution is -0.150. The quantitative estimate of drug-likeness (QED) is 0.523. The Hall–Kier alpha value is -1.14. The molecular formula is C8H14N2O4. The van der Waals surface area contributed by atoms with E-state index in [9.17, 15) is 9.59 Å². The molecule has 1 aliphatic rings. The van der Waals surface area contributed by atoms with Crippen molar-refractivity contribution in [3.8, 4) is 0 Å². The summed E-state index contributed by atoms with van der Waals surface area (Å²) in [6.07, 6.45) is 2.84. The van der Waals surface area contributed by atoms with Gasteiger partial charge in [-0.3, -0.25) is 9.63 Å². The normalized spacial score (nSPS) is 21.6. The van der Waals surface area contributed by atoms with Crippen LogP contribution in [0.1, 0.15) is 19.3 Å². The first-order chi connectivity index (χ1) is 6.70. The maximum atomic E-state index is 11.3. The van der Waals surface area contributed by atoms with Gasteiger partial charge in [0.1, 0.15) is 0 Å². The molecule has 0 aromatic heterocycles. The molecule has 1 fully saturated rings. The second kappa shape index (κ2) is 5.56. The average molecular weight is 202 g/mol. The van der Waals surface area contributed by atoms with Gasteiger partial charge in [0.15, 0.2) is 6.61 Å². The van der Waals surface area contributed by atoms with Gasteiger partial charge < -0.3 is 10.4 Å². The van der Waals surface area contributed by atoms with Gasteiger partial charge in [0, 0.05) is 0 Å². The Kier molecular flexibility index (Phi) is 4.34. The van der Waals surface area contributed by atoms with Crippen molar-refractivity contribution in [1.29, 1.82) is 0 Å². The lowest BCUT2D eigenvalue weighted by atomic mass is 10.1. The van der Waals surface area contributed by atoms with Gasteiger partial charge in [0.2, 0.25) is 0 Å². The standard InChI is InChI=1S/C8H14N2O4/c11-7(12)5-14-10-8(13)6-3-1-2-4-9-6/h6,9H,1-5H2,(H,10,13)(H,11,12)/t6-/m1/s1. The maximum Gasteiger partial charge on any atom is 0.332 e. The summed E-state index contributed by atoms with van der Waals surface area (Å²) in [5.41, 5.74) is 2.10. The first-order valence-electron chi connectivity index (χ1n) is 4.57. The van der Waals surface area contributed by atoms with E-state index in [1.165, 1.54) is 0 Å². The summed E-state index contributed by atoms with van der Waals surface area (Å²) < 4.78 is 0. The van der Waals surface area contributed by atoms with Crippen LogP contribution in [0.4, 0.5) is 0 Å². The Morgan fingerprint density at radius 1 is 1.50 bits per heavy atom. The third-order valence-corrected chi connectivity index (χ3v) is 2.00. The Balaban J connectivity index is 2.16. The van der Waals surface area contributed by atoms with Crippen LogP contribution in [-0.4, -0.2) is 36.2 Å². The highest BCUT2D eigenvalue weighted by atomic mass is 16.7. The molecule has 0 spiro atoms. The summed E-state index contributed by atoms with van der Waals surface area (Å²) in [6.45, 7) is 0.301. The van der Waals surface area contributed by atoms with Crippen LogP contribution >= 0.6 is 0 Å². The number of hydroxylamine groups is 1. The predicted octanol–water partition coefficient (Wildman–Crippen LogP) is -0.739. The van der Waals surface area contributed by atoms with E-state index in [0.717, 1.165) is 25.8 Å². The minimum Gasteiger partial charge on any atom is -0.479 e. The number of carboxylic acids is 1. The van der Waals surface area contributed by atoms with Gasteiger partial charge >= 0.3 is 5.97 Å². The highest BCUT2D eigenvalue weighted by Gasteiger charge is 2.20. The molecule has 3 N–H and O–H groups in total. The van der Waals surface area contributed by atoms with Gasteiger partial charge in [0.05, 0.1) is 6.04 Å². The van der Waals surface area contributed by atoms with E-state index in [2.05, 4.69) is 15.6 Å². The van der Waals surface area contributed by atoms with Crippen LogP contribution < -0.4 is 10.8 Å². The van der Waals surface area contributed by atoms with Crippen molar-refractivity contribution in [3.05, 3.63) is 0 Å². The number of carbonyl (C=O) groups is 2. The van der Waals surface area contributed by atoms with Gasteiger partial charge in [-0.25, -0.2) is 10.3 Å². The minimum absolute atomic E-state index is 0.252. The molecule has 1 aliphatic heterocycles. The van der Waals surface area contributed by atoms with E-state index in [1.54, 1.807) is 0 Å². The number of carbonyl (C=O) groups excluding carboxylic acids is 1. The van der Waals surface area contributed by atoms with Gasteiger partial charge in [-0.2, -0.15) is 0 Å². The fraction of sp³-hybridized carbons (Fsp3) is 0.750. The smallest absolute Gasteiger partial charge is 0.332 e. The van der Waals surface area contributed by atoms with Crippen LogP contribution in [0, 0.1) is 0 Å². The molecule has 0 radical (unpaired) electrons. The molecule has 0 unspecified atom stereocenters. The SMILES string of the molecule is O=C(O)CONC(=O)[C@H]1CCCCN1. The van der Waals surface area contributed by atoms with Crippen molar-refractivity contribution >= 4 is 11.9 Å². The van der Waals surface area contributed by atoms with Crippen molar-refractivity contribution in [2.75, 3.05) is 13.2 Å². The summed E-state index contributed by atoms with van der Waals surface area (Å²) in [5, 5.41) is 11.3. The van der Waals surface area contributed by atoms with E-state index < -0.39 is 12.6 Å². The van der Waals surface area contributed by atoms with Crippen molar-refractivity contribution in [1.82, 2.24) is 10.8 Å². The van der Waals surface area contributed by atoms with Gasteiger partial charge in [-0.1, -0.05) is 6.42 Å². The molecule has 0 aliphatic carbocycles. The van der Waals surface area contributed by atoms with Crippen LogP contribution in [0.3, 0.4) is 0 Å². The summed E-state index contributed by atoms with van der Waals surface area (Å²) in [6, 6.07) is -0.252. The maximum absolute atomic E-state index is 11.3. The van der Waals surface area contributed by atoms with E-state index >= 15 is 0 Å². The number of piperidine rings is 1. The molecule has 0 aromatic rings. The molecule has 6 heteroatoms. The minimum atomic E-state index is -1.11. The Labute approximate surface area is 81.6 Å². The zero-order chi connectivity index (χ0) is 10.4. The number of hydrogen-bond acceptors (Lipinski definition) is 4. The molecule has 0 bridgehead atoms. The Bertz CT molecular complexity index is 213. The first-order valence-corrected chi connectivity index (χ1v) is 4.57. The molecule has 0 aromatic carbocycles. The predicted molar refractivity (Wildman–Crippen MR) is 47.4 cm³/mol. The molecule has 1 heterocycles. The van der Waals surface area contributed by atoms with Crippen LogP contribution in [0.25, 0.3) is 0 Å². The van der Waals surface area contributed by atoms with E-state index in [4.69, 9.17) is 5.11 Å². The fourth-order valence-electron chi connectivity index (χ4n) is 1.32. The monoisotopic (exact) mass is 202 g/mol. The first kappa shape index (κ1) is 10.9. The molecule has 1 rings (SSSR count). The third kappa shape index (κ3) is 3.71. The van der Waals surface area contributed by atoms with Gasteiger partial charge in [0.25, 0.3) is 5.91 Å². The number of aliphatic carboxylic acids is 1. The van der Waals surface area contributed by atoms with Crippen LogP contribution in [-0.2, 0) is 14.4 Å². The van der Waals surface area contributed by atoms with Crippen molar-refractivity contribution in [2.24, 2.45) is 0 Å². The molecule has 1 amide bonds. The average Bonchev–Trinajstić information content (AvgIpc) is 2.18. The van der Waals surface area contributed by atoms with Crippen molar-refractivity contribution in [2.45, 2.75) is 25.3 Å². The number of amides is 1. The van der Waals surface area contributed by atoms with Crippen molar-refractivity contribution in [3.63, 3.8) is 0 Å². The highest BCUT2D eigenvalue weighted by molar-refractivity contribution is 5.81. The third-order valence-electron chi connectivity index (χ3n) is 2.00. The van der Waals surface area contributed by atoms with Crippen LogP contribution in [0.15, 0.2) is 0 Å². The lowest BCUT2D eigenvalue weighted by Gasteiger charge is -2.21. The van der Waals surface area contributed by atoms with Gasteiger partial charge in [-0.05, 0) is 19.4 Å². The topological polar surface area (TPSA) is 87.7 Å².